The highest BCUT2D eigenvalue weighted by atomic mass is 35.5. The van der Waals surface area contributed by atoms with Crippen molar-refractivity contribution in [1.29, 1.82) is 0 Å². The van der Waals surface area contributed by atoms with Gasteiger partial charge in [-0.05, 0) is 42.7 Å². The molecule has 0 saturated carbocycles. The Morgan fingerprint density at radius 2 is 1.75 bits per heavy atom. The molecule has 0 bridgehead atoms. The van der Waals surface area contributed by atoms with Crippen molar-refractivity contribution in [1.82, 2.24) is 0 Å². The van der Waals surface area contributed by atoms with Gasteiger partial charge >= 0.3 is 0 Å². The fraction of sp³-hybridized carbons (Fsp3) is 0.294. The van der Waals surface area contributed by atoms with E-state index in [-0.39, 0.29) is 6.04 Å². The SMILES string of the molecule is CCc1ccc(COc2ccc(Cl)cc2C(C)N)cc1. The Labute approximate surface area is 125 Å². The molecule has 0 fully saturated rings. The average molecular weight is 290 g/mol. The highest BCUT2D eigenvalue weighted by Gasteiger charge is 2.09. The number of nitrogens with two attached hydrogens (primary N) is 1. The number of benzene rings is 2. The van der Waals surface area contributed by atoms with Crippen LogP contribution in [-0.2, 0) is 13.0 Å². The molecule has 0 aromatic heterocycles. The predicted molar refractivity (Wildman–Crippen MR) is 84.2 cm³/mol. The molecule has 1 atom stereocenters. The van der Waals surface area contributed by atoms with Gasteiger partial charge in [-0.2, -0.15) is 0 Å². The molecule has 1 unspecified atom stereocenters. The number of rotatable bonds is 5. The third-order valence-electron chi connectivity index (χ3n) is 3.29. The van der Waals surface area contributed by atoms with Gasteiger partial charge in [0.25, 0.3) is 0 Å². The molecule has 2 N–H and O–H groups in total. The molecule has 3 heteroatoms. The van der Waals surface area contributed by atoms with Crippen LogP contribution < -0.4 is 10.5 Å². The van der Waals surface area contributed by atoms with Gasteiger partial charge in [0.1, 0.15) is 12.4 Å². The molecule has 0 aliphatic heterocycles. The third-order valence-corrected chi connectivity index (χ3v) is 3.52. The maximum absolute atomic E-state index is 6.00. The molecule has 20 heavy (non-hydrogen) atoms. The first-order valence-electron chi connectivity index (χ1n) is 6.85. The van der Waals surface area contributed by atoms with Gasteiger partial charge in [0.15, 0.2) is 0 Å². The lowest BCUT2D eigenvalue weighted by Gasteiger charge is -2.14. The summed E-state index contributed by atoms with van der Waals surface area (Å²) >= 11 is 6.00. The second kappa shape index (κ2) is 6.78. The molecular formula is C17H20ClNO. The zero-order chi connectivity index (χ0) is 14.5. The number of hydrogen-bond donors (Lipinski definition) is 1. The van der Waals surface area contributed by atoms with Crippen molar-refractivity contribution in [3.05, 3.63) is 64.2 Å². The molecule has 0 aliphatic rings. The van der Waals surface area contributed by atoms with Crippen molar-refractivity contribution in [2.75, 3.05) is 0 Å². The van der Waals surface area contributed by atoms with Crippen LogP contribution in [0.15, 0.2) is 42.5 Å². The quantitative estimate of drug-likeness (QED) is 0.879. The molecule has 2 aromatic carbocycles. The summed E-state index contributed by atoms with van der Waals surface area (Å²) in [6, 6.07) is 13.9. The van der Waals surface area contributed by atoms with Crippen LogP contribution in [0.3, 0.4) is 0 Å². The Hall–Kier alpha value is -1.51. The molecule has 106 valence electrons. The van der Waals surface area contributed by atoms with E-state index < -0.39 is 0 Å². The minimum atomic E-state index is -0.105. The van der Waals surface area contributed by atoms with Crippen LogP contribution in [0.2, 0.25) is 5.02 Å². The number of halogens is 1. The lowest BCUT2D eigenvalue weighted by Crippen LogP contribution is -2.08. The molecule has 2 rings (SSSR count). The van der Waals surface area contributed by atoms with Gasteiger partial charge in [-0.15, -0.1) is 0 Å². The van der Waals surface area contributed by atoms with Crippen LogP contribution in [0.1, 0.15) is 36.6 Å². The number of hydrogen-bond acceptors (Lipinski definition) is 2. The van der Waals surface area contributed by atoms with E-state index >= 15 is 0 Å². The van der Waals surface area contributed by atoms with E-state index in [9.17, 15) is 0 Å². The lowest BCUT2D eigenvalue weighted by atomic mass is 10.1. The summed E-state index contributed by atoms with van der Waals surface area (Å²) in [5.41, 5.74) is 9.36. The zero-order valence-electron chi connectivity index (χ0n) is 11.9. The first kappa shape index (κ1) is 14.9. The highest BCUT2D eigenvalue weighted by molar-refractivity contribution is 6.30. The van der Waals surface area contributed by atoms with E-state index in [0.717, 1.165) is 23.3 Å². The van der Waals surface area contributed by atoms with Crippen LogP contribution >= 0.6 is 11.6 Å². The topological polar surface area (TPSA) is 35.2 Å². The Balaban J connectivity index is 2.10. The molecule has 0 amide bonds. The minimum Gasteiger partial charge on any atom is -0.489 e. The van der Waals surface area contributed by atoms with Crippen molar-refractivity contribution in [3.8, 4) is 5.75 Å². The van der Waals surface area contributed by atoms with Gasteiger partial charge in [0, 0.05) is 16.6 Å². The summed E-state index contributed by atoms with van der Waals surface area (Å²) in [5, 5.41) is 0.678. The van der Waals surface area contributed by atoms with Gasteiger partial charge in [-0.1, -0.05) is 42.8 Å². The van der Waals surface area contributed by atoms with Gasteiger partial charge in [0.05, 0.1) is 0 Å². The Morgan fingerprint density at radius 1 is 1.10 bits per heavy atom. The molecular weight excluding hydrogens is 270 g/mol. The standard InChI is InChI=1S/C17H20ClNO/c1-3-13-4-6-14(7-5-13)11-20-17-9-8-15(18)10-16(17)12(2)19/h4-10,12H,3,11,19H2,1-2H3. The van der Waals surface area contributed by atoms with Crippen LogP contribution in [0, 0.1) is 0 Å². The Morgan fingerprint density at radius 3 is 2.35 bits per heavy atom. The second-order valence-electron chi connectivity index (χ2n) is 4.93. The number of ether oxygens (including phenoxy) is 1. The van der Waals surface area contributed by atoms with E-state index in [1.54, 1.807) is 0 Å². The fourth-order valence-electron chi connectivity index (χ4n) is 2.04. The van der Waals surface area contributed by atoms with E-state index in [0.29, 0.717) is 11.6 Å². The van der Waals surface area contributed by atoms with Crippen molar-refractivity contribution in [3.63, 3.8) is 0 Å². The van der Waals surface area contributed by atoms with Gasteiger partial charge in [0.2, 0.25) is 0 Å². The van der Waals surface area contributed by atoms with Crippen molar-refractivity contribution >= 4 is 11.6 Å². The Bertz CT molecular complexity index is 564. The first-order valence-corrected chi connectivity index (χ1v) is 7.23. The third kappa shape index (κ3) is 3.75. The van der Waals surface area contributed by atoms with Crippen molar-refractivity contribution in [2.45, 2.75) is 32.9 Å². The maximum Gasteiger partial charge on any atom is 0.124 e. The monoisotopic (exact) mass is 289 g/mol. The normalized spacial score (nSPS) is 12.2. The van der Waals surface area contributed by atoms with E-state index in [1.807, 2.05) is 25.1 Å². The molecule has 2 aromatic rings. The van der Waals surface area contributed by atoms with Crippen molar-refractivity contribution < 1.29 is 4.74 Å². The summed E-state index contributed by atoms with van der Waals surface area (Å²) in [6.07, 6.45) is 1.05. The molecule has 0 heterocycles. The summed E-state index contributed by atoms with van der Waals surface area (Å²) in [7, 11) is 0. The van der Waals surface area contributed by atoms with E-state index in [1.165, 1.54) is 5.56 Å². The van der Waals surface area contributed by atoms with Crippen molar-refractivity contribution in [2.24, 2.45) is 5.73 Å². The zero-order valence-corrected chi connectivity index (χ0v) is 12.7. The summed E-state index contributed by atoms with van der Waals surface area (Å²) in [4.78, 5) is 0. The molecule has 0 saturated heterocycles. The van der Waals surface area contributed by atoms with Gasteiger partial charge in [-0.3, -0.25) is 0 Å². The average Bonchev–Trinajstić information content (AvgIpc) is 2.46. The summed E-state index contributed by atoms with van der Waals surface area (Å²) in [5.74, 6) is 0.795. The largest absolute Gasteiger partial charge is 0.489 e. The predicted octanol–water partition coefficient (Wildman–Crippen LogP) is 4.50. The maximum atomic E-state index is 6.00. The Kier molecular flexibility index (Phi) is 5.05. The van der Waals surface area contributed by atoms with Crippen LogP contribution in [-0.4, -0.2) is 0 Å². The van der Waals surface area contributed by atoms with E-state index in [4.69, 9.17) is 22.1 Å². The summed E-state index contributed by atoms with van der Waals surface area (Å²) < 4.78 is 5.87. The van der Waals surface area contributed by atoms with Gasteiger partial charge in [-0.25, -0.2) is 0 Å². The van der Waals surface area contributed by atoms with E-state index in [2.05, 4.69) is 31.2 Å². The number of aryl methyl sites for hydroxylation is 1. The van der Waals surface area contributed by atoms with Crippen LogP contribution in [0.5, 0.6) is 5.75 Å². The molecule has 0 radical (unpaired) electrons. The van der Waals surface area contributed by atoms with Crippen LogP contribution in [0.25, 0.3) is 0 Å². The molecule has 0 aliphatic carbocycles. The molecule has 2 nitrogen and oxygen atoms in total. The second-order valence-corrected chi connectivity index (χ2v) is 5.37. The molecule has 0 spiro atoms. The van der Waals surface area contributed by atoms with Gasteiger partial charge < -0.3 is 10.5 Å². The highest BCUT2D eigenvalue weighted by Crippen LogP contribution is 2.27. The smallest absolute Gasteiger partial charge is 0.124 e. The first-order chi connectivity index (χ1) is 9.60. The summed E-state index contributed by atoms with van der Waals surface area (Å²) in [6.45, 7) is 4.61. The fourth-order valence-corrected chi connectivity index (χ4v) is 2.22. The lowest BCUT2D eigenvalue weighted by molar-refractivity contribution is 0.301. The van der Waals surface area contributed by atoms with Crippen LogP contribution in [0.4, 0.5) is 0 Å². The minimum absolute atomic E-state index is 0.105.